The van der Waals surface area contributed by atoms with Crippen LogP contribution in [0.5, 0.6) is 0 Å². The largest absolute Gasteiger partial charge is 2.00 e. The number of hydrogen-bond acceptors (Lipinski definition) is 4. The van der Waals surface area contributed by atoms with Gasteiger partial charge in [0.2, 0.25) is 0 Å². The fourth-order valence-electron chi connectivity index (χ4n) is 1.90. The van der Waals surface area contributed by atoms with E-state index in [4.69, 9.17) is 0 Å². The molecule has 0 fully saturated rings. The predicted octanol–water partition coefficient (Wildman–Crippen LogP) is 3.69. The third-order valence-corrected chi connectivity index (χ3v) is 3.01. The Bertz CT molecular complexity index is 645. The van der Waals surface area contributed by atoms with Gasteiger partial charge in [0.1, 0.15) is 11.6 Å². The van der Waals surface area contributed by atoms with E-state index in [1.54, 1.807) is 48.5 Å². The van der Waals surface area contributed by atoms with Crippen molar-refractivity contribution in [2.75, 3.05) is 0 Å². The van der Waals surface area contributed by atoms with Gasteiger partial charge in [-0.25, -0.2) is 0 Å². The minimum Gasteiger partial charge on any atom is -0.300 e. The van der Waals surface area contributed by atoms with Crippen molar-refractivity contribution in [1.29, 1.82) is 0 Å². The van der Waals surface area contributed by atoms with Gasteiger partial charge >= 0.3 is 21.1 Å². The van der Waals surface area contributed by atoms with E-state index < -0.39 is 0 Å². The summed E-state index contributed by atoms with van der Waals surface area (Å²) in [6.07, 6.45) is 0.00796. The number of carbonyl (C=O) groups excluding carboxylic acids is 4. The van der Waals surface area contributed by atoms with Gasteiger partial charge in [0.05, 0.1) is 12.8 Å². The van der Waals surface area contributed by atoms with E-state index >= 15 is 0 Å². The molecule has 0 atom stereocenters. The normalized spacial score (nSPS) is 9.04. The number of benzene rings is 2. The Balaban J connectivity index is 0.000000443. The molecule has 0 aromatic heterocycles. The molecule has 2 aromatic rings. The molecule has 0 aliphatic carbocycles. The van der Waals surface area contributed by atoms with Crippen molar-refractivity contribution in [2.24, 2.45) is 0 Å². The summed E-state index contributed by atoms with van der Waals surface area (Å²) in [5.41, 5.74) is 1.21. The Morgan fingerprint density at radius 3 is 1.12 bits per heavy atom. The van der Waals surface area contributed by atoms with Crippen molar-refractivity contribution >= 4 is 23.1 Å². The summed E-state index contributed by atoms with van der Waals surface area (Å²) in [5.74, 6) is -0.404. The Kier molecular flexibility index (Phi) is 11.1. The Labute approximate surface area is 161 Å². The van der Waals surface area contributed by atoms with Crippen LogP contribution in [0, 0.1) is 0 Å². The second kappa shape index (κ2) is 12.2. The first-order chi connectivity index (χ1) is 11.4. The van der Waals surface area contributed by atoms with Crippen LogP contribution in [-0.4, -0.2) is 23.1 Å². The van der Waals surface area contributed by atoms with Gasteiger partial charge in [0, 0.05) is 11.1 Å². The first-order valence-corrected chi connectivity index (χ1v) is 7.55. The zero-order valence-electron chi connectivity index (χ0n) is 14.1. The maximum Gasteiger partial charge on any atom is 2.00 e. The molecule has 0 N–H and O–H groups in total. The molecule has 25 heavy (non-hydrogen) atoms. The fraction of sp³-hybridized carbons (Fsp3) is 0.200. The second-order valence-corrected chi connectivity index (χ2v) is 5.34. The third-order valence-electron chi connectivity index (χ3n) is 3.01. The van der Waals surface area contributed by atoms with Crippen LogP contribution >= 0.6 is 0 Å². The quantitative estimate of drug-likeness (QED) is 0.431. The van der Waals surface area contributed by atoms with Crippen molar-refractivity contribution in [3.63, 3.8) is 0 Å². The molecule has 0 spiro atoms. The van der Waals surface area contributed by atoms with Crippen molar-refractivity contribution in [3.05, 3.63) is 71.8 Å². The molecule has 2 aromatic carbocycles. The molecule has 0 amide bonds. The Morgan fingerprint density at radius 2 is 0.880 bits per heavy atom. The van der Waals surface area contributed by atoms with Crippen LogP contribution in [0.15, 0.2) is 60.7 Å². The van der Waals surface area contributed by atoms with Gasteiger partial charge in [-0.2, -0.15) is 0 Å². The minimum atomic E-state index is -0.108. The molecule has 0 aliphatic heterocycles. The maximum absolute atomic E-state index is 11.2. The molecule has 5 heteroatoms. The first-order valence-electron chi connectivity index (χ1n) is 7.55. The van der Waals surface area contributed by atoms with E-state index in [1.807, 2.05) is 12.1 Å². The molecule has 0 unspecified atom stereocenters. The monoisotopic (exact) mass is 519 g/mol. The zero-order valence-corrected chi connectivity index (χ0v) is 16.4. The molecule has 0 aliphatic rings. The maximum atomic E-state index is 11.2. The standard InChI is InChI=1S/2C10H10O2.Pt/c2*1-8(11)7-10(12)9-5-3-2-4-6-9;/h2*2-6H,7H2,1H3;/q;;+2. The van der Waals surface area contributed by atoms with Crippen LogP contribution in [0.2, 0.25) is 0 Å². The molecule has 0 bridgehead atoms. The van der Waals surface area contributed by atoms with Gasteiger partial charge in [-0.15, -0.1) is 0 Å². The number of ketones is 4. The fourth-order valence-corrected chi connectivity index (χ4v) is 1.90. The SMILES string of the molecule is CC(=O)CC(=O)c1ccccc1.CC(=O)CC(=O)c1ccccc1.[Pt+2]. The molecular weight excluding hydrogens is 499 g/mol. The van der Waals surface area contributed by atoms with Crippen molar-refractivity contribution < 1.29 is 40.2 Å². The van der Waals surface area contributed by atoms with E-state index in [-0.39, 0.29) is 57.0 Å². The van der Waals surface area contributed by atoms with Gasteiger partial charge in [0.15, 0.2) is 11.6 Å². The molecular formula is C20H20O4Pt+2. The third kappa shape index (κ3) is 9.63. The summed E-state index contributed by atoms with van der Waals surface area (Å²) in [5, 5.41) is 0. The number of rotatable bonds is 6. The van der Waals surface area contributed by atoms with Crippen LogP contribution in [0.3, 0.4) is 0 Å². The van der Waals surface area contributed by atoms with Crippen molar-refractivity contribution in [2.45, 2.75) is 26.7 Å². The predicted molar refractivity (Wildman–Crippen MR) is 92.1 cm³/mol. The summed E-state index contributed by atoms with van der Waals surface area (Å²) >= 11 is 0. The average molecular weight is 519 g/mol. The summed E-state index contributed by atoms with van der Waals surface area (Å²) in [7, 11) is 0. The van der Waals surface area contributed by atoms with Crippen LogP contribution < -0.4 is 0 Å². The smallest absolute Gasteiger partial charge is 0.300 e. The van der Waals surface area contributed by atoms with E-state index in [0.29, 0.717) is 11.1 Å². The topological polar surface area (TPSA) is 68.3 Å². The number of hydrogen-bond donors (Lipinski definition) is 0. The summed E-state index contributed by atoms with van der Waals surface area (Å²) in [6, 6.07) is 17.7. The van der Waals surface area contributed by atoms with Gasteiger partial charge in [-0.1, -0.05) is 60.7 Å². The van der Waals surface area contributed by atoms with Crippen LogP contribution in [-0.2, 0) is 30.7 Å². The van der Waals surface area contributed by atoms with Gasteiger partial charge in [0.25, 0.3) is 0 Å². The van der Waals surface area contributed by atoms with Gasteiger partial charge in [-0.3, -0.25) is 19.2 Å². The van der Waals surface area contributed by atoms with Gasteiger partial charge in [-0.05, 0) is 13.8 Å². The molecule has 132 valence electrons. The number of carbonyl (C=O) groups is 4. The van der Waals surface area contributed by atoms with E-state index in [1.165, 1.54) is 13.8 Å². The van der Waals surface area contributed by atoms with Crippen LogP contribution in [0.25, 0.3) is 0 Å². The average Bonchev–Trinajstić information content (AvgIpc) is 2.56. The molecule has 0 radical (unpaired) electrons. The summed E-state index contributed by atoms with van der Waals surface area (Å²) in [6.45, 7) is 2.84. The summed E-state index contributed by atoms with van der Waals surface area (Å²) < 4.78 is 0. The molecule has 2 rings (SSSR count). The van der Waals surface area contributed by atoms with E-state index in [0.717, 1.165) is 0 Å². The first kappa shape index (κ1) is 22.8. The van der Waals surface area contributed by atoms with Crippen LogP contribution in [0.1, 0.15) is 47.4 Å². The molecule has 0 saturated carbocycles. The molecule has 0 saturated heterocycles. The molecule has 4 nitrogen and oxygen atoms in total. The number of Topliss-reactive ketones (excluding diaryl/α,β-unsaturated/α-hetero) is 4. The summed E-state index contributed by atoms with van der Waals surface area (Å²) in [4.78, 5) is 43.7. The second-order valence-electron chi connectivity index (χ2n) is 5.34. The molecule has 0 heterocycles. The van der Waals surface area contributed by atoms with E-state index in [2.05, 4.69) is 0 Å². The zero-order chi connectivity index (χ0) is 17.9. The van der Waals surface area contributed by atoms with E-state index in [9.17, 15) is 19.2 Å². The Morgan fingerprint density at radius 1 is 0.600 bits per heavy atom. The van der Waals surface area contributed by atoms with Crippen LogP contribution in [0.4, 0.5) is 0 Å². The van der Waals surface area contributed by atoms with Gasteiger partial charge < -0.3 is 0 Å². The van der Waals surface area contributed by atoms with Crippen molar-refractivity contribution in [3.8, 4) is 0 Å². The van der Waals surface area contributed by atoms with Crippen molar-refractivity contribution in [1.82, 2.24) is 0 Å². The minimum absolute atomic E-state index is 0. The Hall–Kier alpha value is -2.19.